The van der Waals surface area contributed by atoms with E-state index in [0.717, 1.165) is 24.1 Å². The normalized spacial score (nSPS) is 21.9. The Labute approximate surface area is 196 Å². The van der Waals surface area contributed by atoms with E-state index in [-0.39, 0.29) is 23.5 Å². The molecule has 3 aromatic rings. The van der Waals surface area contributed by atoms with Gasteiger partial charge >= 0.3 is 6.18 Å². The number of halogens is 3. The van der Waals surface area contributed by atoms with Crippen molar-refractivity contribution in [2.75, 3.05) is 6.26 Å². The van der Waals surface area contributed by atoms with Crippen LogP contribution in [-0.4, -0.2) is 47.4 Å². The Morgan fingerprint density at radius 1 is 1.24 bits per heavy atom. The van der Waals surface area contributed by atoms with Crippen LogP contribution >= 0.6 is 0 Å². The summed E-state index contributed by atoms with van der Waals surface area (Å²) in [6.07, 6.45) is 1.95. The minimum Gasteiger partial charge on any atom is -0.393 e. The van der Waals surface area contributed by atoms with Crippen LogP contribution in [0.2, 0.25) is 0 Å². The summed E-state index contributed by atoms with van der Waals surface area (Å²) in [4.78, 5) is 8.43. The molecule has 3 heterocycles. The largest absolute Gasteiger partial charge is 0.393 e. The molecule has 1 fully saturated rings. The molecule has 0 spiro atoms. The summed E-state index contributed by atoms with van der Waals surface area (Å²) >= 11 is 0. The van der Waals surface area contributed by atoms with E-state index in [2.05, 4.69) is 15.1 Å². The first-order chi connectivity index (χ1) is 15.9. The Bertz CT molecular complexity index is 1280. The third kappa shape index (κ3) is 5.57. The van der Waals surface area contributed by atoms with Gasteiger partial charge in [0.05, 0.1) is 27.5 Å². The predicted molar refractivity (Wildman–Crippen MR) is 122 cm³/mol. The molecule has 2 atom stereocenters. The van der Waals surface area contributed by atoms with Gasteiger partial charge in [-0.3, -0.25) is 0 Å². The minimum atomic E-state index is -4.24. The van der Waals surface area contributed by atoms with E-state index in [4.69, 9.17) is 4.78 Å². The summed E-state index contributed by atoms with van der Waals surface area (Å²) in [6.45, 7) is 1.53. The zero-order valence-corrected chi connectivity index (χ0v) is 19.9. The number of aliphatic hydroxyl groups excluding tert-OH is 1. The quantitative estimate of drug-likeness (QED) is 0.502. The van der Waals surface area contributed by atoms with E-state index in [1.165, 1.54) is 19.4 Å². The summed E-state index contributed by atoms with van der Waals surface area (Å²) in [6, 6.07) is 5.37. The third-order valence-electron chi connectivity index (χ3n) is 6.26. The highest BCUT2D eigenvalue weighted by atomic mass is 32.2. The highest BCUT2D eigenvalue weighted by Crippen LogP contribution is 2.38. The van der Waals surface area contributed by atoms with Crippen LogP contribution in [0.3, 0.4) is 0 Å². The maximum atomic E-state index is 12.8. The van der Waals surface area contributed by atoms with E-state index in [9.17, 15) is 22.5 Å². The Hall–Kier alpha value is -2.53. The molecule has 0 amide bonds. The number of nitrogens with one attached hydrogen (secondary N) is 1. The van der Waals surface area contributed by atoms with E-state index in [1.807, 2.05) is 6.07 Å². The maximum absolute atomic E-state index is 12.8. The van der Waals surface area contributed by atoms with Crippen LogP contribution in [0, 0.1) is 10.7 Å². The van der Waals surface area contributed by atoms with Crippen molar-refractivity contribution in [3.8, 4) is 11.1 Å². The number of pyridine rings is 1. The lowest BCUT2D eigenvalue weighted by atomic mass is 9.85. The Morgan fingerprint density at radius 2 is 1.94 bits per heavy atom. The molecule has 7 nitrogen and oxygen atoms in total. The van der Waals surface area contributed by atoms with Gasteiger partial charge in [-0.1, -0.05) is 6.92 Å². The minimum absolute atomic E-state index is 0.0991. The highest BCUT2D eigenvalue weighted by molar-refractivity contribution is 7.91. The highest BCUT2D eigenvalue weighted by Gasteiger charge is 2.31. The zero-order chi connectivity index (χ0) is 24.7. The van der Waals surface area contributed by atoms with Gasteiger partial charge in [0.15, 0.2) is 0 Å². The molecule has 34 heavy (non-hydrogen) atoms. The third-order valence-corrected chi connectivity index (χ3v) is 7.28. The molecule has 184 valence electrons. The van der Waals surface area contributed by atoms with Gasteiger partial charge in [0.25, 0.3) is 0 Å². The lowest BCUT2D eigenvalue weighted by Crippen LogP contribution is -2.19. The van der Waals surface area contributed by atoms with Gasteiger partial charge < -0.3 is 5.11 Å². The maximum Gasteiger partial charge on any atom is 0.389 e. The van der Waals surface area contributed by atoms with Crippen LogP contribution in [-0.2, 0) is 16.1 Å². The van der Waals surface area contributed by atoms with Gasteiger partial charge in [-0.15, -0.1) is 0 Å². The lowest BCUT2D eigenvalue weighted by molar-refractivity contribution is -0.143. The van der Waals surface area contributed by atoms with Crippen LogP contribution in [0.25, 0.3) is 16.6 Å². The van der Waals surface area contributed by atoms with Crippen LogP contribution in [0.1, 0.15) is 56.5 Å². The number of hydrogen-bond donors (Lipinski definition) is 2. The number of fused-ring (bicyclic) bond motifs is 1. The van der Waals surface area contributed by atoms with Crippen LogP contribution in [0.15, 0.2) is 35.6 Å². The molecular weight excluding hydrogens is 467 g/mol. The van der Waals surface area contributed by atoms with Crippen molar-refractivity contribution in [1.82, 2.24) is 19.6 Å². The summed E-state index contributed by atoms with van der Waals surface area (Å²) in [7, 11) is -3.01. The lowest BCUT2D eigenvalue weighted by Gasteiger charge is -2.25. The molecule has 0 unspecified atom stereocenters. The topological polar surface area (TPSA) is 104 Å². The van der Waals surface area contributed by atoms with E-state index in [0.29, 0.717) is 29.7 Å². The van der Waals surface area contributed by atoms with Gasteiger partial charge in [-0.25, -0.2) is 23.5 Å². The number of rotatable bonds is 6. The van der Waals surface area contributed by atoms with Crippen LogP contribution < -0.4 is 0 Å². The molecule has 0 radical (unpaired) electrons. The van der Waals surface area contributed by atoms with Crippen molar-refractivity contribution in [2.45, 2.75) is 68.7 Å². The van der Waals surface area contributed by atoms with Gasteiger partial charge in [-0.05, 0) is 55.4 Å². The molecule has 0 aromatic carbocycles. The fourth-order valence-electron chi connectivity index (χ4n) is 4.60. The molecular formula is C23H28F3N5O2S. The number of aromatic nitrogens is 4. The van der Waals surface area contributed by atoms with Gasteiger partial charge in [-0.2, -0.15) is 18.3 Å². The molecule has 0 bridgehead atoms. The van der Waals surface area contributed by atoms with Crippen molar-refractivity contribution in [1.29, 1.82) is 4.78 Å². The second-order valence-electron chi connectivity index (χ2n) is 9.31. The summed E-state index contributed by atoms with van der Waals surface area (Å²) < 4.78 is 60.3. The number of aliphatic hydroxyl groups is 1. The fourth-order valence-corrected chi connectivity index (χ4v) is 5.22. The molecule has 0 saturated heterocycles. The first-order valence-electron chi connectivity index (χ1n) is 11.2. The predicted octanol–water partition coefficient (Wildman–Crippen LogP) is 4.98. The fraction of sp³-hybridized carbons (Fsp3) is 0.522. The second kappa shape index (κ2) is 9.26. The molecule has 1 aliphatic rings. The number of hydrogen-bond acceptors (Lipinski definition) is 6. The van der Waals surface area contributed by atoms with Crippen molar-refractivity contribution in [3.05, 3.63) is 42.1 Å². The van der Waals surface area contributed by atoms with E-state index < -0.39 is 28.2 Å². The summed E-state index contributed by atoms with van der Waals surface area (Å²) in [5, 5.41) is 14.7. The SMILES string of the molecule is C[C@H](Cc1ncc2c(-c3ccnc([S@](C)(=N)=O)c3)cc(C3CCC(O)CC3)n2n1)CC(F)(F)F. The molecule has 3 aromatic heterocycles. The van der Waals surface area contributed by atoms with Crippen LogP contribution in [0.5, 0.6) is 0 Å². The number of nitrogens with zero attached hydrogens (tertiary/aromatic N) is 4. The second-order valence-corrected chi connectivity index (χ2v) is 11.4. The van der Waals surface area contributed by atoms with Crippen molar-refractivity contribution < 1.29 is 22.5 Å². The smallest absolute Gasteiger partial charge is 0.389 e. The Balaban J connectivity index is 1.78. The molecule has 2 N–H and O–H groups in total. The average Bonchev–Trinajstić information content (AvgIpc) is 3.11. The Kier molecular flexibility index (Phi) is 6.69. The zero-order valence-electron chi connectivity index (χ0n) is 19.0. The van der Waals surface area contributed by atoms with E-state index >= 15 is 0 Å². The van der Waals surface area contributed by atoms with Crippen molar-refractivity contribution >= 4 is 15.2 Å². The van der Waals surface area contributed by atoms with E-state index in [1.54, 1.807) is 22.8 Å². The average molecular weight is 496 g/mol. The molecule has 0 aliphatic heterocycles. The number of alkyl halides is 3. The standard InChI is InChI=1S/C23H28F3N5O2S/c1-14(12-23(24,25)26)9-21-29-13-20-18(16-7-8-28-22(10-16)34(2,27)33)11-19(31(20)30-21)15-3-5-17(32)6-4-15/h7-8,10-11,13-15,17,27,32H,3-6,9,12H2,1-2H3/t14-,15?,17?,34-/m1/s1. The van der Waals surface area contributed by atoms with Gasteiger partial charge in [0.2, 0.25) is 0 Å². The Morgan fingerprint density at radius 3 is 2.59 bits per heavy atom. The first kappa shape index (κ1) is 24.6. The summed E-state index contributed by atoms with van der Waals surface area (Å²) in [5.74, 6) is -0.187. The summed E-state index contributed by atoms with van der Waals surface area (Å²) in [5.41, 5.74) is 3.08. The van der Waals surface area contributed by atoms with Crippen molar-refractivity contribution in [3.63, 3.8) is 0 Å². The first-order valence-corrected chi connectivity index (χ1v) is 13.2. The molecule has 11 heteroatoms. The monoisotopic (exact) mass is 495 g/mol. The van der Waals surface area contributed by atoms with Crippen LogP contribution in [0.4, 0.5) is 13.2 Å². The molecule has 1 aliphatic carbocycles. The van der Waals surface area contributed by atoms with Gasteiger partial charge in [0, 0.05) is 42.5 Å². The molecule has 4 rings (SSSR count). The van der Waals surface area contributed by atoms with Crippen molar-refractivity contribution in [2.24, 2.45) is 5.92 Å². The van der Waals surface area contributed by atoms with Gasteiger partial charge in [0.1, 0.15) is 10.9 Å². The molecule has 1 saturated carbocycles.